The van der Waals surface area contributed by atoms with Crippen LogP contribution < -0.4 is 5.32 Å². The number of aromatic nitrogens is 1. The molecule has 5 nitrogen and oxygen atoms in total. The fraction of sp³-hybridized carbons (Fsp3) is 0.368. The number of nitrogens with one attached hydrogen (secondary N) is 1. The number of rotatable bonds is 4. The predicted molar refractivity (Wildman–Crippen MR) is 96.4 cm³/mol. The fourth-order valence-electron chi connectivity index (χ4n) is 3.04. The van der Waals surface area contributed by atoms with E-state index in [1.54, 1.807) is 0 Å². The van der Waals surface area contributed by atoms with Crippen molar-refractivity contribution < 1.29 is 22.4 Å². The average Bonchev–Trinajstić information content (AvgIpc) is 2.63. The van der Waals surface area contributed by atoms with Crippen molar-refractivity contribution in [2.75, 3.05) is 38.5 Å². The Labute approximate surface area is 160 Å². The Kier molecular flexibility index (Phi) is 5.95. The molecule has 2 heterocycles. The first kappa shape index (κ1) is 20.2. The Morgan fingerprint density at radius 2 is 1.89 bits per heavy atom. The molecule has 1 fully saturated rings. The molecule has 9 heteroatoms. The molecular weight excluding hydrogens is 376 g/mol. The van der Waals surface area contributed by atoms with E-state index in [1.165, 1.54) is 24.4 Å². The van der Waals surface area contributed by atoms with Gasteiger partial charge in [0.05, 0.1) is 11.1 Å². The summed E-state index contributed by atoms with van der Waals surface area (Å²) < 4.78 is 53.6. The highest BCUT2D eigenvalue weighted by atomic mass is 19.4. The molecule has 150 valence electrons. The van der Waals surface area contributed by atoms with Crippen molar-refractivity contribution >= 4 is 11.6 Å². The highest BCUT2D eigenvalue weighted by Crippen LogP contribution is 2.32. The van der Waals surface area contributed by atoms with Crippen LogP contribution in [-0.4, -0.2) is 53.9 Å². The van der Waals surface area contributed by atoms with E-state index < -0.39 is 23.6 Å². The second-order valence-electron chi connectivity index (χ2n) is 6.79. The van der Waals surface area contributed by atoms with Crippen molar-refractivity contribution in [3.63, 3.8) is 0 Å². The van der Waals surface area contributed by atoms with E-state index in [1.807, 2.05) is 7.05 Å². The standard InChI is InChI=1S/C19H20F4N4O/c1-26-5-7-27(8-6-26)12-13-9-14(19(21,22)23)11-15(10-13)25-18(28)16-3-2-4-24-17(16)20/h2-4,9-11H,5-8,12H2,1H3,(H,25,28). The lowest BCUT2D eigenvalue weighted by atomic mass is 10.1. The predicted octanol–water partition coefficient (Wildman–Crippen LogP) is 3.24. The molecule has 1 aromatic carbocycles. The van der Waals surface area contributed by atoms with Crippen LogP contribution in [0, 0.1) is 5.95 Å². The smallest absolute Gasteiger partial charge is 0.322 e. The summed E-state index contributed by atoms with van der Waals surface area (Å²) in [5.41, 5.74) is -0.796. The number of piperazine rings is 1. The van der Waals surface area contributed by atoms with Crippen LogP contribution in [-0.2, 0) is 12.7 Å². The van der Waals surface area contributed by atoms with Crippen LogP contribution in [0.4, 0.5) is 23.2 Å². The minimum atomic E-state index is -4.56. The van der Waals surface area contributed by atoms with Gasteiger partial charge in [0.15, 0.2) is 0 Å². The molecule has 1 N–H and O–H groups in total. The van der Waals surface area contributed by atoms with E-state index in [-0.39, 0.29) is 11.3 Å². The van der Waals surface area contributed by atoms with E-state index in [4.69, 9.17) is 0 Å². The molecule has 0 atom stereocenters. The maximum atomic E-state index is 13.7. The molecule has 0 bridgehead atoms. The number of alkyl halides is 3. The number of pyridine rings is 1. The summed E-state index contributed by atoms with van der Waals surface area (Å²) in [7, 11) is 1.99. The van der Waals surface area contributed by atoms with Gasteiger partial charge in [-0.15, -0.1) is 0 Å². The molecule has 0 unspecified atom stereocenters. The number of anilines is 1. The Bertz CT molecular complexity index is 848. The number of benzene rings is 1. The Morgan fingerprint density at radius 3 is 2.54 bits per heavy atom. The first-order chi connectivity index (χ1) is 13.2. The van der Waals surface area contributed by atoms with Gasteiger partial charge >= 0.3 is 6.18 Å². The van der Waals surface area contributed by atoms with Gasteiger partial charge in [0.25, 0.3) is 5.91 Å². The lowest BCUT2D eigenvalue weighted by molar-refractivity contribution is -0.137. The van der Waals surface area contributed by atoms with E-state index in [9.17, 15) is 22.4 Å². The second-order valence-corrected chi connectivity index (χ2v) is 6.79. The third kappa shape index (κ3) is 5.05. The van der Waals surface area contributed by atoms with Gasteiger partial charge in [-0.2, -0.15) is 17.6 Å². The van der Waals surface area contributed by atoms with Crippen molar-refractivity contribution in [3.8, 4) is 0 Å². The molecule has 28 heavy (non-hydrogen) atoms. The summed E-state index contributed by atoms with van der Waals surface area (Å²) in [6.07, 6.45) is -3.37. The second kappa shape index (κ2) is 8.24. The van der Waals surface area contributed by atoms with E-state index in [0.29, 0.717) is 12.1 Å². The highest BCUT2D eigenvalue weighted by molar-refractivity contribution is 6.04. The molecule has 1 saturated heterocycles. The maximum Gasteiger partial charge on any atom is 0.416 e. The minimum Gasteiger partial charge on any atom is -0.322 e. The first-order valence-electron chi connectivity index (χ1n) is 8.76. The Hall–Kier alpha value is -2.52. The fourth-order valence-corrected chi connectivity index (χ4v) is 3.04. The molecule has 0 aliphatic carbocycles. The van der Waals surface area contributed by atoms with Gasteiger partial charge in [-0.05, 0) is 42.9 Å². The SMILES string of the molecule is CN1CCN(Cc2cc(NC(=O)c3cccnc3F)cc(C(F)(F)F)c2)CC1. The van der Waals surface area contributed by atoms with Gasteiger partial charge in [0, 0.05) is 44.6 Å². The Morgan fingerprint density at radius 1 is 1.18 bits per heavy atom. The third-order valence-corrected chi connectivity index (χ3v) is 4.58. The summed E-state index contributed by atoms with van der Waals surface area (Å²) >= 11 is 0. The molecule has 1 aliphatic heterocycles. The number of halogens is 4. The molecule has 2 aromatic rings. The lowest BCUT2D eigenvalue weighted by Crippen LogP contribution is -2.43. The highest BCUT2D eigenvalue weighted by Gasteiger charge is 2.31. The number of nitrogens with zero attached hydrogens (tertiary/aromatic N) is 3. The summed E-state index contributed by atoms with van der Waals surface area (Å²) in [5.74, 6) is -1.83. The molecular formula is C19H20F4N4O. The van der Waals surface area contributed by atoms with Crippen molar-refractivity contribution in [1.82, 2.24) is 14.8 Å². The summed E-state index contributed by atoms with van der Waals surface area (Å²) in [6.45, 7) is 3.50. The number of carbonyl (C=O) groups is 1. The Balaban J connectivity index is 1.83. The first-order valence-corrected chi connectivity index (χ1v) is 8.76. The number of amides is 1. The quantitative estimate of drug-likeness (QED) is 0.637. The van der Waals surface area contributed by atoms with E-state index in [2.05, 4.69) is 20.1 Å². The topological polar surface area (TPSA) is 48.5 Å². The van der Waals surface area contributed by atoms with E-state index >= 15 is 0 Å². The minimum absolute atomic E-state index is 0.0350. The van der Waals surface area contributed by atoms with Crippen LogP contribution in [0.15, 0.2) is 36.5 Å². The molecule has 0 radical (unpaired) electrons. The molecule has 1 aliphatic rings. The number of carbonyl (C=O) groups excluding carboxylic acids is 1. The molecule has 1 amide bonds. The average molecular weight is 396 g/mol. The van der Waals surface area contributed by atoms with Crippen molar-refractivity contribution in [1.29, 1.82) is 0 Å². The largest absolute Gasteiger partial charge is 0.416 e. The zero-order chi connectivity index (χ0) is 20.3. The zero-order valence-electron chi connectivity index (χ0n) is 15.3. The summed E-state index contributed by atoms with van der Waals surface area (Å²) in [4.78, 5) is 19.8. The van der Waals surface area contributed by atoms with Gasteiger partial charge < -0.3 is 10.2 Å². The monoisotopic (exact) mass is 396 g/mol. The van der Waals surface area contributed by atoms with Crippen LogP contribution in [0.1, 0.15) is 21.5 Å². The van der Waals surface area contributed by atoms with Crippen LogP contribution in [0.2, 0.25) is 0 Å². The lowest BCUT2D eigenvalue weighted by Gasteiger charge is -2.32. The number of hydrogen-bond acceptors (Lipinski definition) is 4. The van der Waals surface area contributed by atoms with Crippen molar-refractivity contribution in [3.05, 3.63) is 59.2 Å². The summed E-state index contributed by atoms with van der Waals surface area (Å²) in [6, 6.07) is 6.01. The van der Waals surface area contributed by atoms with Gasteiger partial charge in [0.2, 0.25) is 5.95 Å². The van der Waals surface area contributed by atoms with Gasteiger partial charge in [-0.25, -0.2) is 4.98 Å². The summed E-state index contributed by atoms with van der Waals surface area (Å²) in [5, 5.41) is 2.35. The third-order valence-electron chi connectivity index (χ3n) is 4.58. The van der Waals surface area contributed by atoms with Gasteiger partial charge in [-0.3, -0.25) is 9.69 Å². The van der Waals surface area contributed by atoms with Crippen molar-refractivity contribution in [2.24, 2.45) is 0 Å². The van der Waals surface area contributed by atoms with Crippen molar-refractivity contribution in [2.45, 2.75) is 12.7 Å². The zero-order valence-corrected chi connectivity index (χ0v) is 15.3. The van der Waals surface area contributed by atoms with Crippen LogP contribution in [0.25, 0.3) is 0 Å². The van der Waals surface area contributed by atoms with Crippen LogP contribution >= 0.6 is 0 Å². The van der Waals surface area contributed by atoms with Crippen LogP contribution in [0.5, 0.6) is 0 Å². The molecule has 0 saturated carbocycles. The normalized spacial score (nSPS) is 16.2. The van der Waals surface area contributed by atoms with E-state index in [0.717, 1.165) is 38.3 Å². The molecule has 1 aromatic heterocycles. The van der Waals surface area contributed by atoms with Gasteiger partial charge in [0.1, 0.15) is 0 Å². The molecule has 3 rings (SSSR count). The number of hydrogen-bond donors (Lipinski definition) is 1. The molecule has 0 spiro atoms. The number of likely N-dealkylation sites (N-methyl/N-ethyl adjacent to an activating group) is 1. The van der Waals surface area contributed by atoms with Crippen LogP contribution in [0.3, 0.4) is 0 Å². The maximum absolute atomic E-state index is 13.7. The van der Waals surface area contributed by atoms with Gasteiger partial charge in [-0.1, -0.05) is 0 Å².